The Labute approximate surface area is 114 Å². The van der Waals surface area contributed by atoms with E-state index < -0.39 is 0 Å². The van der Waals surface area contributed by atoms with Gasteiger partial charge in [0.2, 0.25) is 0 Å². The Hall–Kier alpha value is -2.21. The third-order valence-electron chi connectivity index (χ3n) is 2.76. The van der Waals surface area contributed by atoms with Gasteiger partial charge in [-0.25, -0.2) is 4.98 Å². The third-order valence-corrected chi connectivity index (χ3v) is 3.04. The molecule has 2 N–H and O–H groups in total. The number of halogens is 1. The molecule has 0 unspecified atom stereocenters. The first kappa shape index (κ1) is 11.9. The van der Waals surface area contributed by atoms with Gasteiger partial charge < -0.3 is 5.32 Å². The molecule has 0 bridgehead atoms. The highest BCUT2D eigenvalue weighted by Gasteiger charge is 2.06. The molecule has 2 aromatic heterocycles. The van der Waals surface area contributed by atoms with E-state index >= 15 is 0 Å². The number of aromatic amines is 1. The van der Waals surface area contributed by atoms with E-state index in [0.29, 0.717) is 11.7 Å². The van der Waals surface area contributed by atoms with Crippen LogP contribution >= 0.6 is 11.6 Å². The summed E-state index contributed by atoms with van der Waals surface area (Å²) in [5, 5.41) is 20.1. The fourth-order valence-corrected chi connectivity index (χ4v) is 2.05. The lowest BCUT2D eigenvalue weighted by atomic mass is 10.2. The maximum Gasteiger partial charge on any atom is 0.159 e. The van der Waals surface area contributed by atoms with E-state index in [2.05, 4.69) is 30.7 Å². The molecule has 0 saturated heterocycles. The monoisotopic (exact) mass is 274 g/mol. The zero-order valence-electron chi connectivity index (χ0n) is 9.97. The Kier molecular flexibility index (Phi) is 3.24. The van der Waals surface area contributed by atoms with E-state index in [1.165, 1.54) is 6.33 Å². The molecule has 0 fully saturated rings. The molecule has 0 spiro atoms. The van der Waals surface area contributed by atoms with Crippen molar-refractivity contribution in [2.45, 2.75) is 6.42 Å². The quantitative estimate of drug-likeness (QED) is 0.761. The van der Waals surface area contributed by atoms with Crippen LogP contribution in [0.15, 0.2) is 30.6 Å². The van der Waals surface area contributed by atoms with Crippen molar-refractivity contribution in [2.24, 2.45) is 0 Å². The fourth-order valence-electron chi connectivity index (χ4n) is 1.85. The Bertz CT molecular complexity index is 682. The Morgan fingerprint density at radius 1 is 1.16 bits per heavy atom. The van der Waals surface area contributed by atoms with Gasteiger partial charge in [0.1, 0.15) is 12.2 Å². The zero-order chi connectivity index (χ0) is 13.1. The number of fused-ring (bicyclic) bond motifs is 1. The summed E-state index contributed by atoms with van der Waals surface area (Å²) in [6.07, 6.45) is 2.23. The van der Waals surface area contributed by atoms with Gasteiger partial charge in [-0.3, -0.25) is 5.10 Å². The number of anilines is 1. The maximum atomic E-state index is 6.02. The number of hydrogen-bond donors (Lipinski definition) is 2. The summed E-state index contributed by atoms with van der Waals surface area (Å²) in [5.41, 5.74) is 0. The minimum atomic E-state index is 0.413. The van der Waals surface area contributed by atoms with Crippen molar-refractivity contribution in [1.82, 2.24) is 25.4 Å². The second-order valence-electron chi connectivity index (χ2n) is 3.99. The van der Waals surface area contributed by atoms with Gasteiger partial charge in [0.05, 0.1) is 0 Å². The highest BCUT2D eigenvalue weighted by molar-refractivity contribution is 6.34. The Morgan fingerprint density at radius 3 is 2.79 bits per heavy atom. The molecule has 0 aliphatic rings. The normalized spacial score (nSPS) is 10.8. The van der Waals surface area contributed by atoms with Crippen LogP contribution in [0.5, 0.6) is 0 Å². The number of benzene rings is 1. The van der Waals surface area contributed by atoms with Gasteiger partial charge in [0, 0.05) is 23.7 Å². The predicted molar refractivity (Wildman–Crippen MR) is 73.1 cm³/mol. The molecule has 0 radical (unpaired) electrons. The van der Waals surface area contributed by atoms with Crippen LogP contribution in [0, 0.1) is 0 Å². The number of aromatic nitrogens is 5. The van der Waals surface area contributed by atoms with Crippen LogP contribution in [0.25, 0.3) is 10.8 Å². The molecule has 0 saturated carbocycles. The SMILES string of the molecule is Clc1nnc(NCCc2ncn[nH]2)c2ccccc12. The van der Waals surface area contributed by atoms with Crippen molar-refractivity contribution < 1.29 is 0 Å². The number of H-pyrrole nitrogens is 1. The second-order valence-corrected chi connectivity index (χ2v) is 4.35. The van der Waals surface area contributed by atoms with Gasteiger partial charge in [-0.15, -0.1) is 10.2 Å². The van der Waals surface area contributed by atoms with Gasteiger partial charge in [-0.2, -0.15) is 5.10 Å². The molecular formula is C12H11ClN6. The molecule has 6 nitrogen and oxygen atoms in total. The summed E-state index contributed by atoms with van der Waals surface area (Å²) in [6.45, 7) is 0.690. The van der Waals surface area contributed by atoms with Gasteiger partial charge in [-0.1, -0.05) is 35.9 Å². The second kappa shape index (κ2) is 5.19. The number of hydrogen-bond acceptors (Lipinski definition) is 5. The first-order chi connectivity index (χ1) is 9.34. The predicted octanol–water partition coefficient (Wildman–Crippen LogP) is 2.06. The summed E-state index contributed by atoms with van der Waals surface area (Å²) < 4.78 is 0. The van der Waals surface area contributed by atoms with Crippen molar-refractivity contribution in [2.75, 3.05) is 11.9 Å². The highest BCUT2D eigenvalue weighted by Crippen LogP contribution is 2.25. The first-order valence-electron chi connectivity index (χ1n) is 5.83. The molecule has 0 atom stereocenters. The molecular weight excluding hydrogens is 264 g/mol. The van der Waals surface area contributed by atoms with Crippen molar-refractivity contribution in [1.29, 1.82) is 0 Å². The molecule has 3 aromatic rings. The van der Waals surface area contributed by atoms with Gasteiger partial charge in [0.15, 0.2) is 11.0 Å². The lowest BCUT2D eigenvalue weighted by molar-refractivity contribution is 0.892. The molecule has 19 heavy (non-hydrogen) atoms. The van der Waals surface area contributed by atoms with Crippen molar-refractivity contribution in [3.8, 4) is 0 Å². The van der Waals surface area contributed by atoms with E-state index in [-0.39, 0.29) is 0 Å². The smallest absolute Gasteiger partial charge is 0.159 e. The number of rotatable bonds is 4. The summed E-state index contributed by atoms with van der Waals surface area (Å²) in [5.74, 6) is 1.55. The van der Waals surface area contributed by atoms with Gasteiger partial charge >= 0.3 is 0 Å². The average Bonchev–Trinajstić information content (AvgIpc) is 2.95. The lowest BCUT2D eigenvalue weighted by Crippen LogP contribution is -2.08. The number of nitrogens with zero attached hydrogens (tertiary/aromatic N) is 4. The Morgan fingerprint density at radius 2 is 2.00 bits per heavy atom. The zero-order valence-corrected chi connectivity index (χ0v) is 10.7. The van der Waals surface area contributed by atoms with Gasteiger partial charge in [-0.05, 0) is 0 Å². The summed E-state index contributed by atoms with van der Waals surface area (Å²) >= 11 is 6.02. The van der Waals surface area contributed by atoms with E-state index in [4.69, 9.17) is 11.6 Å². The fraction of sp³-hybridized carbons (Fsp3) is 0.167. The average molecular weight is 275 g/mol. The summed E-state index contributed by atoms with van der Waals surface area (Å²) in [4.78, 5) is 4.06. The molecule has 0 aliphatic heterocycles. The Balaban J connectivity index is 1.79. The largest absolute Gasteiger partial charge is 0.368 e. The van der Waals surface area contributed by atoms with Crippen molar-refractivity contribution in [3.05, 3.63) is 41.6 Å². The van der Waals surface area contributed by atoms with Crippen LogP contribution in [0.1, 0.15) is 5.82 Å². The van der Waals surface area contributed by atoms with Crippen LogP contribution < -0.4 is 5.32 Å². The molecule has 1 aromatic carbocycles. The molecule has 0 amide bonds. The van der Waals surface area contributed by atoms with Crippen LogP contribution in [0.2, 0.25) is 5.15 Å². The van der Waals surface area contributed by atoms with Crippen LogP contribution in [0.3, 0.4) is 0 Å². The third kappa shape index (κ3) is 2.48. The molecule has 7 heteroatoms. The minimum absolute atomic E-state index is 0.413. The molecule has 2 heterocycles. The number of nitrogens with one attached hydrogen (secondary N) is 2. The van der Waals surface area contributed by atoms with E-state index in [1.54, 1.807) is 0 Å². The van der Waals surface area contributed by atoms with Crippen LogP contribution in [0.4, 0.5) is 5.82 Å². The van der Waals surface area contributed by atoms with E-state index in [1.807, 2.05) is 24.3 Å². The van der Waals surface area contributed by atoms with Crippen LogP contribution in [-0.4, -0.2) is 31.9 Å². The standard InChI is InChI=1S/C12H11ClN6/c13-11-8-3-1-2-4-9(8)12(19-18-11)14-6-5-10-15-7-16-17-10/h1-4,7H,5-6H2,(H,14,19)(H,15,16,17). The van der Waals surface area contributed by atoms with Crippen LogP contribution in [-0.2, 0) is 6.42 Å². The summed E-state index contributed by atoms with van der Waals surface area (Å²) in [7, 11) is 0. The highest BCUT2D eigenvalue weighted by atomic mass is 35.5. The van der Waals surface area contributed by atoms with E-state index in [9.17, 15) is 0 Å². The first-order valence-corrected chi connectivity index (χ1v) is 6.21. The maximum absolute atomic E-state index is 6.02. The molecule has 3 rings (SSSR count). The molecule has 0 aliphatic carbocycles. The van der Waals surface area contributed by atoms with Crippen molar-refractivity contribution in [3.63, 3.8) is 0 Å². The van der Waals surface area contributed by atoms with Crippen molar-refractivity contribution >= 4 is 28.2 Å². The summed E-state index contributed by atoms with van der Waals surface area (Å²) in [6, 6.07) is 7.76. The topological polar surface area (TPSA) is 79.4 Å². The lowest BCUT2D eigenvalue weighted by Gasteiger charge is -2.07. The van der Waals surface area contributed by atoms with Gasteiger partial charge in [0.25, 0.3) is 0 Å². The minimum Gasteiger partial charge on any atom is -0.368 e. The van der Waals surface area contributed by atoms with E-state index in [0.717, 1.165) is 28.8 Å². The molecule has 96 valence electrons.